The Morgan fingerprint density at radius 3 is 2.52 bits per heavy atom. The van der Waals surface area contributed by atoms with Gasteiger partial charge < -0.3 is 24.7 Å². The molecule has 0 radical (unpaired) electrons. The van der Waals surface area contributed by atoms with E-state index in [2.05, 4.69) is 29.8 Å². The molecule has 1 saturated carbocycles. The van der Waals surface area contributed by atoms with Crippen molar-refractivity contribution in [1.29, 1.82) is 0 Å². The summed E-state index contributed by atoms with van der Waals surface area (Å²) in [5.41, 5.74) is 3.34. The topological polar surface area (TPSA) is 215 Å². The fourth-order valence-electron chi connectivity index (χ4n) is 9.30. The van der Waals surface area contributed by atoms with Crippen molar-refractivity contribution in [2.24, 2.45) is 11.3 Å². The number of hydrogen-bond donors (Lipinski definition) is 3. The number of nitrogens with one attached hydrogen (secondary N) is 3. The highest BCUT2D eigenvalue weighted by atomic mass is 32.2. The Morgan fingerprint density at radius 1 is 0.967 bits per heavy atom. The van der Waals surface area contributed by atoms with Crippen molar-refractivity contribution in [2.75, 3.05) is 56.2 Å². The minimum absolute atomic E-state index is 0.0593. The number of pyridine rings is 1. The van der Waals surface area contributed by atoms with Crippen LogP contribution in [-0.4, -0.2) is 85.0 Å². The molecule has 2 aromatic heterocycles. The van der Waals surface area contributed by atoms with Crippen molar-refractivity contribution in [1.82, 2.24) is 19.6 Å². The molecule has 9 rings (SSSR count). The van der Waals surface area contributed by atoms with Crippen molar-refractivity contribution in [3.63, 3.8) is 0 Å². The summed E-state index contributed by atoms with van der Waals surface area (Å²) in [6.07, 6.45) is 8.63. The van der Waals surface area contributed by atoms with Crippen LogP contribution in [0.1, 0.15) is 59.6 Å². The molecule has 1 spiro atoms. The Kier molecular flexibility index (Phi) is 10.4. The molecule has 0 bridgehead atoms. The third-order valence-corrected chi connectivity index (χ3v) is 13.7. The van der Waals surface area contributed by atoms with Crippen molar-refractivity contribution in [2.45, 2.75) is 49.5 Å². The first-order valence-electron chi connectivity index (χ1n) is 20.1. The van der Waals surface area contributed by atoms with Crippen LogP contribution in [0.2, 0.25) is 0 Å². The number of hydrogen-bond acceptors (Lipinski definition) is 13. The van der Waals surface area contributed by atoms with E-state index in [4.69, 9.17) is 9.47 Å². The number of nitro benzene ring substituents is 2. The highest BCUT2D eigenvalue weighted by Crippen LogP contribution is 2.50. The molecule has 2 aliphatic heterocycles. The van der Waals surface area contributed by atoms with Crippen LogP contribution in [0, 0.1) is 31.6 Å². The average Bonchev–Trinajstić information content (AvgIpc) is 3.57. The van der Waals surface area contributed by atoms with Gasteiger partial charge in [0.05, 0.1) is 39.7 Å². The van der Waals surface area contributed by atoms with E-state index in [0.29, 0.717) is 56.5 Å². The number of carbonyl (C=O) groups is 1. The molecule has 18 heteroatoms. The highest BCUT2D eigenvalue weighted by molar-refractivity contribution is 7.90. The molecule has 4 aliphatic rings. The monoisotopic (exact) mass is 836 g/mol. The number of benzene rings is 3. The predicted octanol–water partition coefficient (Wildman–Crippen LogP) is 6.72. The largest absolute Gasteiger partial charge is 0.455 e. The standard InChI is InChI=1S/C42H44N8O9S/c51-41(46-60(56,57)31-9-11-35(38(20-31)50(54)55)44-23-27-21-42(22-27)25-58-26-42)34-10-8-29(19-39(34)59-30-18-28-12-13-43-40(28)45-24-30)47-14-16-48(17-15-47)36-6-2-1-4-33-32(36)5-3-7-37(33)49(52)53/h3,5,7-13,18-20,24,27,36,44H,1-2,4,6,14-17,21-23,25-26H2,(H,43,45)(H,46,51)/t36-/m1/s1. The maximum atomic E-state index is 13.9. The van der Waals surface area contributed by atoms with Crippen molar-refractivity contribution in [3.8, 4) is 11.5 Å². The maximum absolute atomic E-state index is 13.9. The number of nitro groups is 2. The van der Waals surface area contributed by atoms with Gasteiger partial charge in [-0.05, 0) is 80.0 Å². The first-order valence-corrected chi connectivity index (χ1v) is 21.6. The van der Waals surface area contributed by atoms with E-state index < -0.39 is 31.4 Å². The highest BCUT2D eigenvalue weighted by Gasteiger charge is 2.49. The molecule has 3 aromatic carbocycles. The summed E-state index contributed by atoms with van der Waals surface area (Å²) >= 11 is 0. The molecule has 4 heterocycles. The maximum Gasteiger partial charge on any atom is 0.293 e. The zero-order valence-electron chi connectivity index (χ0n) is 32.7. The number of amides is 1. The van der Waals surface area contributed by atoms with E-state index in [0.717, 1.165) is 73.6 Å². The molecular formula is C42H44N8O9S. The second-order valence-electron chi connectivity index (χ2n) is 16.3. The number of anilines is 2. The number of sulfonamides is 1. The molecule has 1 atom stereocenters. The molecule has 3 fully saturated rings. The van der Waals surface area contributed by atoms with Crippen molar-refractivity contribution in [3.05, 3.63) is 116 Å². The van der Waals surface area contributed by atoms with Gasteiger partial charge in [-0.3, -0.25) is 29.9 Å². The van der Waals surface area contributed by atoms with E-state index in [1.165, 1.54) is 24.4 Å². The van der Waals surface area contributed by atoms with Gasteiger partial charge >= 0.3 is 0 Å². The van der Waals surface area contributed by atoms with Gasteiger partial charge in [0.25, 0.3) is 27.3 Å². The fourth-order valence-corrected chi connectivity index (χ4v) is 10.3. The van der Waals surface area contributed by atoms with Crippen LogP contribution in [0.5, 0.6) is 11.5 Å². The van der Waals surface area contributed by atoms with Gasteiger partial charge in [0.1, 0.15) is 22.8 Å². The van der Waals surface area contributed by atoms with Crippen molar-refractivity contribution < 1.29 is 32.5 Å². The van der Waals surface area contributed by atoms with E-state index in [1.807, 2.05) is 12.1 Å². The molecule has 2 saturated heterocycles. The Morgan fingerprint density at radius 2 is 1.77 bits per heavy atom. The third-order valence-electron chi connectivity index (χ3n) is 12.4. The summed E-state index contributed by atoms with van der Waals surface area (Å²) in [7, 11) is -4.58. The predicted molar refractivity (Wildman–Crippen MR) is 222 cm³/mol. The van der Waals surface area contributed by atoms with Crippen LogP contribution in [0.3, 0.4) is 0 Å². The quantitative estimate of drug-likeness (QED) is 0.0677. The van der Waals surface area contributed by atoms with Gasteiger partial charge in [-0.15, -0.1) is 0 Å². The Bertz CT molecular complexity index is 2600. The molecular weight excluding hydrogens is 793 g/mol. The van der Waals surface area contributed by atoms with Crippen LogP contribution in [0.25, 0.3) is 11.0 Å². The average molecular weight is 837 g/mol. The first-order chi connectivity index (χ1) is 28.9. The summed E-state index contributed by atoms with van der Waals surface area (Å²) in [6.45, 7) is 4.62. The molecule has 3 N–H and O–H groups in total. The van der Waals surface area contributed by atoms with Crippen LogP contribution in [0.4, 0.5) is 22.7 Å². The number of nitrogens with zero attached hydrogens (tertiary/aromatic N) is 5. The summed E-state index contributed by atoms with van der Waals surface area (Å²) in [4.78, 5) is 48.4. The molecule has 60 heavy (non-hydrogen) atoms. The van der Waals surface area contributed by atoms with Gasteiger partial charge in [-0.1, -0.05) is 18.6 Å². The van der Waals surface area contributed by atoms with Crippen LogP contribution in [0.15, 0.2) is 84.0 Å². The second-order valence-corrected chi connectivity index (χ2v) is 18.0. The summed E-state index contributed by atoms with van der Waals surface area (Å²) < 4.78 is 41.0. The van der Waals surface area contributed by atoms with Crippen LogP contribution < -0.4 is 19.7 Å². The van der Waals surface area contributed by atoms with Gasteiger partial charge in [0.2, 0.25) is 0 Å². The summed E-state index contributed by atoms with van der Waals surface area (Å²) in [5.74, 6) is -0.247. The molecule has 5 aromatic rings. The molecule has 1 amide bonds. The number of piperazine rings is 1. The molecule has 312 valence electrons. The van der Waals surface area contributed by atoms with E-state index in [1.54, 1.807) is 36.5 Å². The zero-order chi connectivity index (χ0) is 41.6. The lowest BCUT2D eigenvalue weighted by molar-refractivity contribution is -0.385. The smallest absolute Gasteiger partial charge is 0.293 e. The Hall–Kier alpha value is -6.11. The fraction of sp³-hybridized carbons (Fsp3) is 0.381. The summed E-state index contributed by atoms with van der Waals surface area (Å²) in [5, 5.41) is 27.8. The zero-order valence-corrected chi connectivity index (χ0v) is 33.5. The third kappa shape index (κ3) is 7.73. The lowest BCUT2D eigenvalue weighted by Crippen LogP contribution is -2.53. The van der Waals surface area contributed by atoms with E-state index in [-0.39, 0.29) is 39.1 Å². The number of H-pyrrole nitrogens is 1. The Labute approximate surface area is 345 Å². The SMILES string of the molecule is O=C(NS(=O)(=O)c1ccc(NCC2CC3(COC3)C2)c([N+](=O)[O-])c1)c1ccc(N2CCN([C@@H]3CCCCc4c3cccc4[N+](=O)[O-])CC2)cc1Oc1cnc2[nH]ccc2c1. The van der Waals surface area contributed by atoms with Crippen LogP contribution in [-0.2, 0) is 21.2 Å². The lowest BCUT2D eigenvalue weighted by Gasteiger charge is -2.53. The van der Waals surface area contributed by atoms with Gasteiger partial charge in [-0.2, -0.15) is 0 Å². The normalized spacial score (nSPS) is 19.1. The van der Waals surface area contributed by atoms with E-state index in [9.17, 15) is 33.4 Å². The van der Waals surface area contributed by atoms with Gasteiger partial charge in [-0.25, -0.2) is 18.1 Å². The first kappa shape index (κ1) is 39.4. The number of rotatable bonds is 12. The number of aromatic nitrogens is 2. The number of carbonyl (C=O) groups excluding carboxylic acids is 1. The van der Waals surface area contributed by atoms with Crippen molar-refractivity contribution >= 4 is 49.7 Å². The minimum Gasteiger partial charge on any atom is -0.455 e. The van der Waals surface area contributed by atoms with Gasteiger partial charge in [0.15, 0.2) is 0 Å². The number of fused-ring (bicyclic) bond motifs is 2. The number of ether oxygens (including phenoxy) is 2. The lowest BCUT2D eigenvalue weighted by atomic mass is 9.61. The molecule has 0 unspecified atom stereocenters. The Balaban J connectivity index is 0.936. The second kappa shape index (κ2) is 15.8. The van der Waals surface area contributed by atoms with Gasteiger partial charge in [0, 0.05) is 85.2 Å². The van der Waals surface area contributed by atoms with E-state index >= 15 is 0 Å². The molecule has 2 aliphatic carbocycles. The summed E-state index contributed by atoms with van der Waals surface area (Å²) in [6, 6.07) is 17.5. The molecule has 17 nitrogen and oxygen atoms in total. The minimum atomic E-state index is -4.58. The van der Waals surface area contributed by atoms with Crippen LogP contribution >= 0.6 is 0 Å². The number of aromatic amines is 1.